The van der Waals surface area contributed by atoms with Crippen LogP contribution in [0.4, 0.5) is 11.4 Å². The zero-order chi connectivity index (χ0) is 14.5. The van der Waals surface area contributed by atoms with Crippen molar-refractivity contribution in [1.82, 2.24) is 0 Å². The molecular formula is C16H19BrN2O. The minimum absolute atomic E-state index is 0.783. The lowest BCUT2D eigenvalue weighted by molar-refractivity contribution is 0.414. The second kappa shape index (κ2) is 6.66. The van der Waals surface area contributed by atoms with E-state index in [1.54, 1.807) is 7.11 Å². The van der Waals surface area contributed by atoms with Crippen molar-refractivity contribution in [3.8, 4) is 5.75 Å². The standard InChI is InChI=1S/C16H19BrN2O/c1-3-19(14-6-4-5-13(18)10-14)11-12-9-15(20-2)7-8-16(12)17/h4-10H,3,11,18H2,1-2H3. The molecule has 2 N–H and O–H groups in total. The first-order valence-electron chi connectivity index (χ1n) is 6.57. The Morgan fingerprint density at radius 1 is 1.20 bits per heavy atom. The van der Waals surface area contributed by atoms with Gasteiger partial charge in [0.15, 0.2) is 0 Å². The summed E-state index contributed by atoms with van der Waals surface area (Å²) in [6.45, 7) is 3.85. The molecule has 0 heterocycles. The summed E-state index contributed by atoms with van der Waals surface area (Å²) in [6, 6.07) is 14.0. The second-order valence-electron chi connectivity index (χ2n) is 4.57. The molecule has 3 nitrogen and oxygen atoms in total. The Morgan fingerprint density at radius 3 is 2.65 bits per heavy atom. The molecule has 0 spiro atoms. The van der Waals surface area contributed by atoms with Gasteiger partial charge in [-0.1, -0.05) is 22.0 Å². The van der Waals surface area contributed by atoms with E-state index < -0.39 is 0 Å². The van der Waals surface area contributed by atoms with Crippen LogP contribution in [0.25, 0.3) is 0 Å². The lowest BCUT2D eigenvalue weighted by Crippen LogP contribution is -2.22. The van der Waals surface area contributed by atoms with Crippen LogP contribution in [0, 0.1) is 0 Å². The van der Waals surface area contributed by atoms with Gasteiger partial charge in [0, 0.05) is 28.9 Å². The molecule has 0 saturated heterocycles. The Balaban J connectivity index is 2.26. The van der Waals surface area contributed by atoms with Crippen LogP contribution in [0.2, 0.25) is 0 Å². The fourth-order valence-electron chi connectivity index (χ4n) is 2.11. The highest BCUT2D eigenvalue weighted by Crippen LogP contribution is 2.26. The number of hydrogen-bond acceptors (Lipinski definition) is 3. The molecule has 0 aliphatic heterocycles. The molecule has 2 aromatic rings. The first-order chi connectivity index (χ1) is 9.63. The summed E-state index contributed by atoms with van der Waals surface area (Å²) in [5, 5.41) is 0. The maximum atomic E-state index is 5.86. The van der Waals surface area contributed by atoms with Crippen LogP contribution in [-0.4, -0.2) is 13.7 Å². The van der Waals surface area contributed by atoms with Crippen molar-refractivity contribution in [2.75, 3.05) is 24.3 Å². The van der Waals surface area contributed by atoms with E-state index in [0.717, 1.165) is 34.7 Å². The van der Waals surface area contributed by atoms with Crippen molar-refractivity contribution >= 4 is 27.3 Å². The maximum Gasteiger partial charge on any atom is 0.119 e. The summed E-state index contributed by atoms with van der Waals surface area (Å²) in [5.41, 5.74) is 8.96. The highest BCUT2D eigenvalue weighted by atomic mass is 79.9. The largest absolute Gasteiger partial charge is 0.497 e. The zero-order valence-corrected chi connectivity index (χ0v) is 13.4. The Morgan fingerprint density at radius 2 is 2.00 bits per heavy atom. The predicted octanol–water partition coefficient (Wildman–Crippen LogP) is 4.07. The molecule has 2 aromatic carbocycles. The number of rotatable bonds is 5. The monoisotopic (exact) mass is 334 g/mol. The van der Waals surface area contributed by atoms with Gasteiger partial charge in [0.05, 0.1) is 7.11 Å². The van der Waals surface area contributed by atoms with Crippen molar-refractivity contribution in [3.63, 3.8) is 0 Å². The van der Waals surface area contributed by atoms with Crippen molar-refractivity contribution in [1.29, 1.82) is 0 Å². The minimum Gasteiger partial charge on any atom is -0.497 e. The van der Waals surface area contributed by atoms with Gasteiger partial charge in [-0.15, -0.1) is 0 Å². The van der Waals surface area contributed by atoms with Gasteiger partial charge in [-0.05, 0) is 48.9 Å². The molecule has 0 atom stereocenters. The summed E-state index contributed by atoms with van der Waals surface area (Å²) in [7, 11) is 1.68. The van der Waals surface area contributed by atoms with E-state index in [0.29, 0.717) is 0 Å². The Labute approximate surface area is 128 Å². The molecule has 0 radical (unpaired) electrons. The van der Waals surface area contributed by atoms with Gasteiger partial charge < -0.3 is 15.4 Å². The average Bonchev–Trinajstić information content (AvgIpc) is 2.46. The Hall–Kier alpha value is -1.68. The number of ether oxygens (including phenoxy) is 1. The van der Waals surface area contributed by atoms with Crippen LogP contribution in [0.3, 0.4) is 0 Å². The third-order valence-electron chi connectivity index (χ3n) is 3.23. The molecule has 0 fully saturated rings. The van der Waals surface area contributed by atoms with E-state index in [1.165, 1.54) is 5.56 Å². The van der Waals surface area contributed by atoms with Crippen LogP contribution in [-0.2, 0) is 6.54 Å². The zero-order valence-electron chi connectivity index (χ0n) is 11.8. The number of anilines is 2. The van der Waals surface area contributed by atoms with Crippen LogP contribution in [0.15, 0.2) is 46.9 Å². The summed E-state index contributed by atoms with van der Waals surface area (Å²) < 4.78 is 6.37. The summed E-state index contributed by atoms with van der Waals surface area (Å²) >= 11 is 3.60. The first-order valence-corrected chi connectivity index (χ1v) is 7.36. The van der Waals surface area contributed by atoms with Gasteiger partial charge >= 0.3 is 0 Å². The van der Waals surface area contributed by atoms with E-state index in [9.17, 15) is 0 Å². The van der Waals surface area contributed by atoms with E-state index >= 15 is 0 Å². The summed E-state index contributed by atoms with van der Waals surface area (Å²) in [6.07, 6.45) is 0. The van der Waals surface area contributed by atoms with Crippen molar-refractivity contribution in [2.24, 2.45) is 0 Å². The van der Waals surface area contributed by atoms with E-state index in [4.69, 9.17) is 10.5 Å². The van der Waals surface area contributed by atoms with Crippen molar-refractivity contribution in [3.05, 3.63) is 52.5 Å². The number of halogens is 1. The van der Waals surface area contributed by atoms with Gasteiger partial charge in [0.1, 0.15) is 5.75 Å². The van der Waals surface area contributed by atoms with Gasteiger partial charge in [-0.2, -0.15) is 0 Å². The smallest absolute Gasteiger partial charge is 0.119 e. The lowest BCUT2D eigenvalue weighted by Gasteiger charge is -2.24. The fraction of sp³-hybridized carbons (Fsp3) is 0.250. The molecule has 0 aliphatic carbocycles. The first kappa shape index (κ1) is 14.7. The quantitative estimate of drug-likeness (QED) is 0.837. The van der Waals surface area contributed by atoms with Gasteiger partial charge in [0.2, 0.25) is 0 Å². The van der Waals surface area contributed by atoms with Crippen LogP contribution >= 0.6 is 15.9 Å². The van der Waals surface area contributed by atoms with Crippen LogP contribution < -0.4 is 15.4 Å². The second-order valence-corrected chi connectivity index (χ2v) is 5.42. The molecule has 0 aromatic heterocycles. The molecule has 0 unspecified atom stereocenters. The summed E-state index contributed by atoms with van der Waals surface area (Å²) in [4.78, 5) is 2.27. The number of hydrogen-bond donors (Lipinski definition) is 1. The molecule has 0 saturated carbocycles. The van der Waals surface area contributed by atoms with Gasteiger partial charge in [-0.3, -0.25) is 0 Å². The topological polar surface area (TPSA) is 38.5 Å². The molecule has 0 amide bonds. The van der Waals surface area contributed by atoms with Crippen molar-refractivity contribution < 1.29 is 4.74 Å². The normalized spacial score (nSPS) is 10.3. The number of nitrogen functional groups attached to an aromatic ring is 1. The molecular weight excluding hydrogens is 316 g/mol. The molecule has 0 bridgehead atoms. The highest BCUT2D eigenvalue weighted by Gasteiger charge is 2.09. The highest BCUT2D eigenvalue weighted by molar-refractivity contribution is 9.10. The molecule has 4 heteroatoms. The van der Waals surface area contributed by atoms with Gasteiger partial charge in [-0.25, -0.2) is 0 Å². The lowest BCUT2D eigenvalue weighted by atomic mass is 10.1. The molecule has 20 heavy (non-hydrogen) atoms. The number of methoxy groups -OCH3 is 1. The molecule has 106 valence electrons. The van der Waals surface area contributed by atoms with Gasteiger partial charge in [0.25, 0.3) is 0 Å². The van der Waals surface area contributed by atoms with E-state index in [1.807, 2.05) is 30.3 Å². The van der Waals surface area contributed by atoms with Crippen LogP contribution in [0.5, 0.6) is 5.75 Å². The maximum absolute atomic E-state index is 5.86. The Kier molecular flexibility index (Phi) is 4.90. The summed E-state index contributed by atoms with van der Waals surface area (Å²) in [5.74, 6) is 0.867. The average molecular weight is 335 g/mol. The minimum atomic E-state index is 0.783. The molecule has 0 aliphatic rings. The third kappa shape index (κ3) is 3.45. The van der Waals surface area contributed by atoms with Crippen molar-refractivity contribution in [2.45, 2.75) is 13.5 Å². The van der Waals surface area contributed by atoms with Crippen LogP contribution in [0.1, 0.15) is 12.5 Å². The van der Waals surface area contributed by atoms with E-state index in [2.05, 4.69) is 39.9 Å². The number of benzene rings is 2. The van der Waals surface area contributed by atoms with E-state index in [-0.39, 0.29) is 0 Å². The third-order valence-corrected chi connectivity index (χ3v) is 4.00. The predicted molar refractivity (Wildman–Crippen MR) is 88.3 cm³/mol. The molecule has 2 rings (SSSR count). The number of nitrogens with zero attached hydrogens (tertiary/aromatic N) is 1. The Bertz CT molecular complexity index is 586. The number of nitrogens with two attached hydrogens (primary N) is 1. The fourth-order valence-corrected chi connectivity index (χ4v) is 2.48. The SMILES string of the molecule is CCN(Cc1cc(OC)ccc1Br)c1cccc(N)c1.